The van der Waals surface area contributed by atoms with Crippen molar-refractivity contribution in [2.75, 3.05) is 7.11 Å². The molecule has 0 aliphatic carbocycles. The fourth-order valence-corrected chi connectivity index (χ4v) is 2.55. The zero-order chi connectivity index (χ0) is 19.2. The van der Waals surface area contributed by atoms with Gasteiger partial charge in [0, 0.05) is 30.4 Å². The van der Waals surface area contributed by atoms with Crippen LogP contribution < -0.4 is 5.32 Å². The normalized spacial score (nSPS) is 11.5. The van der Waals surface area contributed by atoms with Gasteiger partial charge >= 0.3 is 5.97 Å². The van der Waals surface area contributed by atoms with Gasteiger partial charge < -0.3 is 10.1 Å². The molecule has 1 atom stereocenters. The van der Waals surface area contributed by atoms with Crippen molar-refractivity contribution >= 4 is 11.9 Å². The monoisotopic (exact) mass is 362 g/mol. The number of carbonyl (C=O) groups is 2. The number of nitrogens with zero attached hydrogens (tertiary/aromatic N) is 3. The molecule has 3 rings (SSSR count). The summed E-state index contributed by atoms with van der Waals surface area (Å²) < 4.78 is 4.83. The van der Waals surface area contributed by atoms with Gasteiger partial charge in [-0.1, -0.05) is 29.8 Å². The van der Waals surface area contributed by atoms with E-state index >= 15 is 0 Å². The highest BCUT2D eigenvalue weighted by Crippen LogP contribution is 2.17. The van der Waals surface area contributed by atoms with Crippen molar-refractivity contribution < 1.29 is 14.3 Å². The van der Waals surface area contributed by atoms with Crippen LogP contribution in [-0.2, 0) is 9.53 Å². The van der Waals surface area contributed by atoms with Crippen LogP contribution in [0.1, 0.15) is 27.5 Å². The molecule has 7 heteroatoms. The summed E-state index contributed by atoms with van der Waals surface area (Å²) in [4.78, 5) is 37.1. The van der Waals surface area contributed by atoms with E-state index < -0.39 is 17.9 Å². The lowest BCUT2D eigenvalue weighted by Crippen LogP contribution is -2.34. The minimum atomic E-state index is -0.916. The third-order valence-electron chi connectivity index (χ3n) is 3.92. The Kier molecular flexibility index (Phi) is 5.51. The molecule has 3 aromatic rings. The maximum Gasteiger partial charge on any atom is 0.333 e. The maximum absolute atomic E-state index is 12.6. The average molecular weight is 362 g/mol. The van der Waals surface area contributed by atoms with Crippen LogP contribution in [0, 0.1) is 6.92 Å². The number of nitrogens with one attached hydrogen (secondary N) is 1. The second-order valence-corrected chi connectivity index (χ2v) is 5.88. The molecule has 136 valence electrons. The molecule has 0 aliphatic rings. The summed E-state index contributed by atoms with van der Waals surface area (Å²) in [5.74, 6) is -0.561. The van der Waals surface area contributed by atoms with Gasteiger partial charge in [-0.3, -0.25) is 9.78 Å². The number of benzene rings is 1. The van der Waals surface area contributed by atoms with E-state index in [4.69, 9.17) is 4.74 Å². The molecule has 0 spiro atoms. The van der Waals surface area contributed by atoms with E-state index in [2.05, 4.69) is 20.3 Å². The molecule has 1 amide bonds. The van der Waals surface area contributed by atoms with Crippen LogP contribution in [0.15, 0.2) is 61.2 Å². The SMILES string of the molecule is COC(=O)[C@H](NC(=O)c1cnc(-c2cccnc2)nc1)c1cccc(C)c1. The zero-order valence-corrected chi connectivity index (χ0v) is 14.9. The number of ether oxygens (including phenoxy) is 1. The van der Waals surface area contributed by atoms with E-state index in [1.807, 2.05) is 31.2 Å². The number of rotatable bonds is 5. The fraction of sp³-hybridized carbons (Fsp3) is 0.150. The van der Waals surface area contributed by atoms with Gasteiger partial charge in [0.05, 0.1) is 12.7 Å². The highest BCUT2D eigenvalue weighted by molar-refractivity contribution is 5.96. The predicted molar refractivity (Wildman–Crippen MR) is 98.7 cm³/mol. The molecule has 27 heavy (non-hydrogen) atoms. The van der Waals surface area contributed by atoms with Gasteiger partial charge in [0.15, 0.2) is 11.9 Å². The number of carbonyl (C=O) groups excluding carboxylic acids is 2. The minimum absolute atomic E-state index is 0.240. The Balaban J connectivity index is 1.80. The number of hydrogen-bond acceptors (Lipinski definition) is 6. The van der Waals surface area contributed by atoms with Crippen LogP contribution in [0.2, 0.25) is 0 Å². The maximum atomic E-state index is 12.6. The topological polar surface area (TPSA) is 94.1 Å². The van der Waals surface area contributed by atoms with Crippen LogP contribution in [0.3, 0.4) is 0 Å². The second kappa shape index (κ2) is 8.18. The quantitative estimate of drug-likeness (QED) is 0.701. The van der Waals surface area contributed by atoms with Crippen LogP contribution in [-0.4, -0.2) is 33.9 Å². The summed E-state index contributed by atoms with van der Waals surface area (Å²) in [6.07, 6.45) is 6.12. The zero-order valence-electron chi connectivity index (χ0n) is 14.9. The lowest BCUT2D eigenvalue weighted by Gasteiger charge is -2.17. The lowest BCUT2D eigenvalue weighted by atomic mass is 10.0. The van der Waals surface area contributed by atoms with Crippen molar-refractivity contribution in [3.05, 3.63) is 77.9 Å². The van der Waals surface area contributed by atoms with Crippen LogP contribution in [0.5, 0.6) is 0 Å². The van der Waals surface area contributed by atoms with Gasteiger partial charge in [-0.25, -0.2) is 14.8 Å². The highest BCUT2D eigenvalue weighted by atomic mass is 16.5. The van der Waals surface area contributed by atoms with E-state index in [1.165, 1.54) is 19.5 Å². The molecule has 0 radical (unpaired) electrons. The Hall–Kier alpha value is -3.61. The van der Waals surface area contributed by atoms with Crippen molar-refractivity contribution in [3.8, 4) is 11.4 Å². The number of esters is 1. The van der Waals surface area contributed by atoms with E-state index in [-0.39, 0.29) is 5.56 Å². The molecule has 0 unspecified atom stereocenters. The standard InChI is InChI=1S/C20H18N4O3/c1-13-5-3-6-14(9-13)17(20(26)27-2)24-19(25)16-11-22-18(23-12-16)15-7-4-8-21-10-15/h3-12,17H,1-2H3,(H,24,25)/t17-/m1/s1. The first-order valence-electron chi connectivity index (χ1n) is 8.26. The number of hydrogen-bond donors (Lipinski definition) is 1. The third-order valence-corrected chi connectivity index (χ3v) is 3.92. The second-order valence-electron chi connectivity index (χ2n) is 5.88. The number of amides is 1. The van der Waals surface area contributed by atoms with Crippen molar-refractivity contribution in [3.63, 3.8) is 0 Å². The van der Waals surface area contributed by atoms with Crippen LogP contribution in [0.4, 0.5) is 0 Å². The van der Waals surface area contributed by atoms with Gasteiger partial charge in [-0.2, -0.15) is 0 Å². The molecule has 0 aliphatic heterocycles. The largest absolute Gasteiger partial charge is 0.467 e. The van der Waals surface area contributed by atoms with Gasteiger partial charge in [-0.05, 0) is 24.6 Å². The first kappa shape index (κ1) is 18.2. The van der Waals surface area contributed by atoms with Crippen molar-refractivity contribution in [2.24, 2.45) is 0 Å². The number of aryl methyl sites for hydroxylation is 1. The molecule has 7 nitrogen and oxygen atoms in total. The van der Waals surface area contributed by atoms with Gasteiger partial charge in [0.1, 0.15) is 0 Å². The Morgan fingerprint density at radius 1 is 1.07 bits per heavy atom. The lowest BCUT2D eigenvalue weighted by molar-refractivity contribution is -0.143. The molecule has 0 saturated carbocycles. The molecule has 0 saturated heterocycles. The van der Waals surface area contributed by atoms with Gasteiger partial charge in [-0.15, -0.1) is 0 Å². The molecule has 1 aromatic carbocycles. The van der Waals surface area contributed by atoms with E-state index in [0.717, 1.165) is 11.1 Å². The van der Waals surface area contributed by atoms with Gasteiger partial charge in [0.25, 0.3) is 5.91 Å². The predicted octanol–water partition coefficient (Wildman–Crippen LogP) is 2.49. The first-order valence-corrected chi connectivity index (χ1v) is 8.26. The average Bonchev–Trinajstić information content (AvgIpc) is 2.72. The van der Waals surface area contributed by atoms with Crippen molar-refractivity contribution in [2.45, 2.75) is 13.0 Å². The summed E-state index contributed by atoms with van der Waals surface area (Å²) in [5, 5.41) is 2.68. The molecule has 0 fully saturated rings. The summed E-state index contributed by atoms with van der Waals surface area (Å²) in [6, 6.07) is 10.00. The molecule has 1 N–H and O–H groups in total. The van der Waals surface area contributed by atoms with E-state index in [0.29, 0.717) is 11.4 Å². The smallest absolute Gasteiger partial charge is 0.333 e. The summed E-state index contributed by atoms with van der Waals surface area (Å²) in [5.41, 5.74) is 2.60. The van der Waals surface area contributed by atoms with Gasteiger partial charge in [0.2, 0.25) is 0 Å². The third kappa shape index (κ3) is 4.33. The summed E-state index contributed by atoms with van der Waals surface area (Å²) in [6.45, 7) is 1.91. The summed E-state index contributed by atoms with van der Waals surface area (Å²) in [7, 11) is 1.28. The number of aromatic nitrogens is 3. The minimum Gasteiger partial charge on any atom is -0.467 e. The van der Waals surface area contributed by atoms with E-state index in [9.17, 15) is 9.59 Å². The van der Waals surface area contributed by atoms with Crippen molar-refractivity contribution in [1.29, 1.82) is 0 Å². The number of methoxy groups -OCH3 is 1. The summed E-state index contributed by atoms with van der Waals surface area (Å²) >= 11 is 0. The molecular weight excluding hydrogens is 344 g/mol. The van der Waals surface area contributed by atoms with E-state index in [1.54, 1.807) is 24.5 Å². The Labute approximate surface area is 156 Å². The highest BCUT2D eigenvalue weighted by Gasteiger charge is 2.24. The van der Waals surface area contributed by atoms with Crippen LogP contribution >= 0.6 is 0 Å². The Bertz CT molecular complexity index is 943. The fourth-order valence-electron chi connectivity index (χ4n) is 2.55. The van der Waals surface area contributed by atoms with Crippen molar-refractivity contribution in [1.82, 2.24) is 20.3 Å². The Morgan fingerprint density at radius 3 is 2.48 bits per heavy atom. The molecule has 2 aromatic heterocycles. The molecular formula is C20H18N4O3. The first-order chi connectivity index (χ1) is 13.1. The Morgan fingerprint density at radius 2 is 1.85 bits per heavy atom. The number of pyridine rings is 1. The molecule has 2 heterocycles. The van der Waals surface area contributed by atoms with Crippen LogP contribution in [0.25, 0.3) is 11.4 Å². The molecule has 0 bridgehead atoms.